The lowest BCUT2D eigenvalue weighted by molar-refractivity contribution is -0.281. The van der Waals surface area contributed by atoms with Gasteiger partial charge in [-0.1, -0.05) is 0 Å². The van der Waals surface area contributed by atoms with Crippen LogP contribution in [0.5, 0.6) is 0 Å². The number of amides is 7. The van der Waals surface area contributed by atoms with Crippen LogP contribution in [0.25, 0.3) is 0 Å². The molecule has 0 saturated carbocycles. The highest BCUT2D eigenvalue weighted by Crippen LogP contribution is 2.27. The molecule has 2 aromatic carbocycles. The van der Waals surface area contributed by atoms with Crippen molar-refractivity contribution >= 4 is 74.4 Å². The summed E-state index contributed by atoms with van der Waals surface area (Å²) in [6.45, 7) is 2.00. The number of carbonyl (C=O) groups is 8. The highest BCUT2D eigenvalue weighted by atomic mass is 32.2. The second-order valence-corrected chi connectivity index (χ2v) is 21.8. The standard InChI is InChI=1S/C50H73N11O21S/c1-23(59-83(77,78)31-16-12-29(13-17-31)58-57-28-10-14-30(15-11-28)60(6)7)47(74)61-18-8-9-33(61)45(72)51-19-36(66)55-32(22-79-49-38(53-26(4)64)42(69)40(67)34(20-62)81-49)44(71)56-37(46(73)52-24(2)48(75)76)25(3)80-50-39(54-27(5)65)43(70)41(68)35(21-63)82-50/h10-17,23-25,32-35,37-43,49-50,59,62-63,67-70H,8-9,18-22H2,1-7H3,(H,51,72)(H,52,73)(H,53,64)(H,54,65)(H,55,66)(H,56,71)(H,75,76)/t23-,24-,25+,32-,33-,34+,35+,37-,38+,39+,40-,41-,42+,43+,49-,50-/m0/s1. The van der Waals surface area contributed by atoms with Crippen molar-refractivity contribution < 1.29 is 101 Å². The fraction of sp³-hybridized carbons (Fsp3) is 0.600. The molecule has 83 heavy (non-hydrogen) atoms. The maximum absolute atomic E-state index is 14.4. The quantitative estimate of drug-likeness (QED) is 0.0392. The molecule has 2 aromatic rings. The normalized spacial score (nSPS) is 26.3. The molecule has 14 N–H and O–H groups in total. The van der Waals surface area contributed by atoms with Crippen LogP contribution >= 0.6 is 0 Å². The molecule has 3 heterocycles. The van der Waals surface area contributed by atoms with Crippen LogP contribution in [0.15, 0.2) is 63.7 Å². The van der Waals surface area contributed by atoms with Gasteiger partial charge >= 0.3 is 5.97 Å². The molecule has 460 valence electrons. The third-order valence-electron chi connectivity index (χ3n) is 13.5. The number of aliphatic carboxylic acids is 1. The second-order valence-electron chi connectivity index (χ2n) is 20.1. The number of nitrogens with zero attached hydrogens (tertiary/aromatic N) is 4. The van der Waals surface area contributed by atoms with E-state index in [0.717, 1.165) is 31.4 Å². The molecule has 0 aliphatic carbocycles. The summed E-state index contributed by atoms with van der Waals surface area (Å²) in [7, 11) is -0.532. The molecule has 3 aliphatic rings. The predicted octanol–water partition coefficient (Wildman–Crippen LogP) is -5.19. The van der Waals surface area contributed by atoms with Gasteiger partial charge in [0.1, 0.15) is 72.9 Å². The van der Waals surface area contributed by atoms with E-state index in [1.165, 1.54) is 38.1 Å². The molecule has 3 fully saturated rings. The van der Waals surface area contributed by atoms with E-state index in [4.69, 9.17) is 18.9 Å². The summed E-state index contributed by atoms with van der Waals surface area (Å²) >= 11 is 0. The summed E-state index contributed by atoms with van der Waals surface area (Å²) in [6, 6.07) is 1.32. The van der Waals surface area contributed by atoms with Crippen molar-refractivity contribution in [3.8, 4) is 0 Å². The van der Waals surface area contributed by atoms with Gasteiger partial charge in [-0.25, -0.2) is 8.42 Å². The molecule has 0 unspecified atom stereocenters. The SMILES string of the molecule is CC(=O)N[C@H]1[C@@H](OC[C@H](NC(=O)CNC(=O)[C@@H]2CCCN2C(=O)[C@H](C)NS(=O)(=O)c2ccc(N=Nc3ccc(N(C)C)cc3)cc2)C(=O)N[C@H](C(=O)N[C@@H](C)C(=O)O)[C@@H](C)O[C@H]2O[C@H](CO)[C@H](O)[C@H](O)[C@H]2NC(C)=O)O[C@H](CO)[C@H](O)[C@@H]1O. The lowest BCUT2D eigenvalue weighted by atomic mass is 9.96. The number of carboxylic acids is 1. The van der Waals surface area contributed by atoms with E-state index in [0.29, 0.717) is 17.8 Å². The Morgan fingerprint density at radius 2 is 1.27 bits per heavy atom. The molecule has 0 aromatic heterocycles. The van der Waals surface area contributed by atoms with E-state index in [1.807, 2.05) is 31.1 Å². The number of benzene rings is 2. The number of rotatable bonds is 26. The Hall–Kier alpha value is -6.89. The number of azo groups is 1. The van der Waals surface area contributed by atoms with E-state index in [2.05, 4.69) is 46.9 Å². The molecule has 0 bridgehead atoms. The van der Waals surface area contributed by atoms with Crippen LogP contribution in [0.3, 0.4) is 0 Å². The van der Waals surface area contributed by atoms with Crippen LogP contribution < -0.4 is 41.5 Å². The highest BCUT2D eigenvalue weighted by Gasteiger charge is 2.49. The lowest BCUT2D eigenvalue weighted by Crippen LogP contribution is -2.66. The monoisotopic (exact) mass is 1200 g/mol. The Morgan fingerprint density at radius 3 is 1.78 bits per heavy atom. The van der Waals surface area contributed by atoms with Crippen molar-refractivity contribution in [3.05, 3.63) is 48.5 Å². The zero-order chi connectivity index (χ0) is 61.6. The van der Waals surface area contributed by atoms with Crippen LogP contribution in [0.4, 0.5) is 17.1 Å². The smallest absolute Gasteiger partial charge is 0.325 e. The van der Waals surface area contributed by atoms with E-state index in [1.54, 1.807) is 12.1 Å². The lowest BCUT2D eigenvalue weighted by Gasteiger charge is -2.43. The zero-order valence-corrected chi connectivity index (χ0v) is 47.2. The van der Waals surface area contributed by atoms with Crippen LogP contribution in [0, 0.1) is 0 Å². The average molecular weight is 1200 g/mol. The van der Waals surface area contributed by atoms with Gasteiger partial charge in [0.05, 0.1) is 54.8 Å². The molecule has 3 aliphatic heterocycles. The first-order valence-electron chi connectivity index (χ1n) is 26.2. The molecule has 7 amide bonds. The summed E-state index contributed by atoms with van der Waals surface area (Å²) in [6.07, 6.45) is -15.0. The van der Waals surface area contributed by atoms with E-state index in [9.17, 15) is 82.5 Å². The Bertz CT molecular complexity index is 2750. The van der Waals surface area contributed by atoms with Gasteiger partial charge in [0, 0.05) is 40.2 Å². The summed E-state index contributed by atoms with van der Waals surface area (Å²) in [5.74, 6) is -8.35. The van der Waals surface area contributed by atoms with Crippen LogP contribution in [0.1, 0.15) is 47.5 Å². The number of likely N-dealkylation sites (tertiary alicyclic amines) is 1. The number of hydrogen-bond acceptors (Lipinski definition) is 23. The van der Waals surface area contributed by atoms with Gasteiger partial charge in [-0.2, -0.15) is 15.0 Å². The van der Waals surface area contributed by atoms with Gasteiger partial charge in [0.15, 0.2) is 12.6 Å². The Kier molecular flexibility index (Phi) is 24.2. The summed E-state index contributed by atoms with van der Waals surface area (Å²) in [5.41, 5.74) is 1.86. The molecule has 5 rings (SSSR count). The minimum atomic E-state index is -4.31. The molecule has 0 spiro atoms. The Morgan fingerprint density at radius 1 is 0.735 bits per heavy atom. The first-order chi connectivity index (χ1) is 39.1. The summed E-state index contributed by atoms with van der Waals surface area (Å²) in [4.78, 5) is 109. The van der Waals surface area contributed by atoms with E-state index in [-0.39, 0.29) is 17.9 Å². The fourth-order valence-corrected chi connectivity index (χ4v) is 10.1. The molecule has 33 heteroatoms. The largest absolute Gasteiger partial charge is 0.480 e. The first kappa shape index (κ1) is 66.9. The number of sulfonamides is 1. The molecule has 32 nitrogen and oxygen atoms in total. The minimum absolute atomic E-state index is 0.0192. The van der Waals surface area contributed by atoms with Crippen LogP contribution in [-0.4, -0.2) is 241 Å². The minimum Gasteiger partial charge on any atom is -0.480 e. The predicted molar refractivity (Wildman–Crippen MR) is 285 cm³/mol. The molecule has 3 saturated heterocycles. The fourth-order valence-electron chi connectivity index (χ4n) is 8.94. The van der Waals surface area contributed by atoms with Gasteiger partial charge in [0.2, 0.25) is 51.4 Å². The van der Waals surface area contributed by atoms with Gasteiger partial charge in [-0.3, -0.25) is 38.4 Å². The zero-order valence-electron chi connectivity index (χ0n) is 46.3. The number of aliphatic hydroxyl groups excluding tert-OH is 6. The van der Waals surface area contributed by atoms with Gasteiger partial charge in [-0.15, -0.1) is 0 Å². The van der Waals surface area contributed by atoms with Gasteiger partial charge in [0.25, 0.3) is 0 Å². The number of ether oxygens (including phenoxy) is 4. The first-order valence-corrected chi connectivity index (χ1v) is 27.6. The number of aliphatic hydroxyl groups is 6. The highest BCUT2D eigenvalue weighted by molar-refractivity contribution is 7.89. The van der Waals surface area contributed by atoms with Crippen molar-refractivity contribution in [1.82, 2.24) is 41.5 Å². The summed E-state index contributed by atoms with van der Waals surface area (Å²) in [5, 5.41) is 94.3. The number of carbonyl (C=O) groups excluding carboxylic acids is 7. The maximum Gasteiger partial charge on any atom is 0.325 e. The number of carboxylic acid groups (broad SMARTS) is 1. The van der Waals surface area contributed by atoms with Crippen LogP contribution in [-0.2, 0) is 67.3 Å². The van der Waals surface area contributed by atoms with Crippen molar-refractivity contribution in [3.63, 3.8) is 0 Å². The van der Waals surface area contributed by atoms with Crippen molar-refractivity contribution in [2.75, 3.05) is 51.9 Å². The van der Waals surface area contributed by atoms with Crippen LogP contribution in [0.2, 0.25) is 0 Å². The number of hydrogen-bond donors (Lipinski definition) is 14. The third-order valence-corrected chi connectivity index (χ3v) is 15.0. The van der Waals surface area contributed by atoms with Crippen molar-refractivity contribution in [1.29, 1.82) is 0 Å². The van der Waals surface area contributed by atoms with Crippen molar-refractivity contribution in [2.45, 2.75) is 150 Å². The van der Waals surface area contributed by atoms with Gasteiger partial charge < -0.3 is 96.4 Å². The van der Waals surface area contributed by atoms with Gasteiger partial charge in [-0.05, 0) is 82.1 Å². The van der Waals surface area contributed by atoms with E-state index >= 15 is 0 Å². The molecule has 16 atom stereocenters. The second kappa shape index (κ2) is 30.1. The maximum atomic E-state index is 14.4. The number of nitrogens with one attached hydrogen (secondary N) is 7. The number of anilines is 1. The molecular formula is C50H73N11O21S. The Labute approximate surface area is 476 Å². The Balaban J connectivity index is 1.32. The van der Waals surface area contributed by atoms with E-state index < -0.39 is 181 Å². The molecular weight excluding hydrogens is 1120 g/mol. The molecule has 0 radical (unpaired) electrons. The topological polar surface area (TPSA) is 465 Å². The third kappa shape index (κ3) is 18.1. The summed E-state index contributed by atoms with van der Waals surface area (Å²) < 4.78 is 52.1. The van der Waals surface area contributed by atoms with Crippen molar-refractivity contribution in [2.24, 2.45) is 10.2 Å². The average Bonchev–Trinajstić information content (AvgIpc) is 4.07.